The van der Waals surface area contributed by atoms with Crippen molar-refractivity contribution in [3.05, 3.63) is 59.2 Å². The third-order valence-electron chi connectivity index (χ3n) is 6.36. The normalized spacial score (nSPS) is 20.9. The van der Waals surface area contributed by atoms with Gasteiger partial charge in [-0.25, -0.2) is 8.42 Å². The summed E-state index contributed by atoms with van der Waals surface area (Å²) in [5.41, 5.74) is 1.97. The number of aryl methyl sites for hydroxylation is 1. The zero-order chi connectivity index (χ0) is 23.0. The van der Waals surface area contributed by atoms with Crippen LogP contribution in [0, 0.1) is 18.8 Å². The minimum atomic E-state index is -3.90. The number of hydrogen-bond acceptors (Lipinski definition) is 5. The Hall–Kier alpha value is -3.00. The average Bonchev–Trinajstić information content (AvgIpc) is 3.00. The van der Waals surface area contributed by atoms with E-state index >= 15 is 0 Å². The summed E-state index contributed by atoms with van der Waals surface area (Å²) in [5.74, 6) is -0.857. The molecule has 1 N–H and O–H groups in total. The molecular formula is C24H26N2O5S. The van der Waals surface area contributed by atoms with Gasteiger partial charge in [0.25, 0.3) is 10.0 Å². The standard InChI is InChI=1S/C24H26N2O5S/c1-15-7-8-17(14-26-23(28)20-5-3-4-6-21(20)24(26)29)13-22(15)32(30,31)25-19-11-9-18(10-12-19)16(2)27/h7-13,20-21,25H,3-6,14H2,1-2H3/t20-,21-/m0/s1. The van der Waals surface area contributed by atoms with E-state index in [1.54, 1.807) is 31.2 Å². The Balaban J connectivity index is 1.56. The number of sulfonamides is 1. The molecule has 0 unspecified atom stereocenters. The van der Waals surface area contributed by atoms with E-state index < -0.39 is 10.0 Å². The monoisotopic (exact) mass is 454 g/mol. The number of ketones is 1. The lowest BCUT2D eigenvalue weighted by Crippen LogP contribution is -2.30. The van der Waals surface area contributed by atoms with Gasteiger partial charge in [0.05, 0.1) is 23.3 Å². The third kappa shape index (κ3) is 4.19. The average molecular weight is 455 g/mol. The summed E-state index contributed by atoms with van der Waals surface area (Å²) < 4.78 is 28.6. The Kier molecular flexibility index (Phi) is 5.90. The molecule has 0 aromatic heterocycles. The first kappa shape index (κ1) is 22.2. The van der Waals surface area contributed by atoms with Gasteiger partial charge >= 0.3 is 0 Å². The summed E-state index contributed by atoms with van der Waals surface area (Å²) in [6.45, 7) is 3.21. The van der Waals surface area contributed by atoms with Crippen LogP contribution in [-0.2, 0) is 26.2 Å². The number of anilines is 1. The number of imide groups is 1. The summed E-state index contributed by atoms with van der Waals surface area (Å²) in [5, 5.41) is 0. The van der Waals surface area contributed by atoms with Gasteiger partial charge in [0, 0.05) is 11.3 Å². The SMILES string of the molecule is CC(=O)c1ccc(NS(=O)(=O)c2cc(CN3C(=O)[C@H]4CCCC[C@@H]4C3=O)ccc2C)cc1. The predicted molar refractivity (Wildman–Crippen MR) is 119 cm³/mol. The van der Waals surface area contributed by atoms with Gasteiger partial charge in [-0.1, -0.05) is 25.0 Å². The van der Waals surface area contributed by atoms with Gasteiger partial charge in [0.2, 0.25) is 11.8 Å². The van der Waals surface area contributed by atoms with Gasteiger partial charge in [0.15, 0.2) is 5.78 Å². The first-order valence-electron chi connectivity index (χ1n) is 10.8. The summed E-state index contributed by atoms with van der Waals surface area (Å²) in [7, 11) is -3.90. The number of hydrogen-bond donors (Lipinski definition) is 1. The Morgan fingerprint density at radius 2 is 1.59 bits per heavy atom. The van der Waals surface area contributed by atoms with Crippen molar-refractivity contribution in [1.29, 1.82) is 0 Å². The van der Waals surface area contributed by atoms with E-state index in [-0.39, 0.29) is 40.9 Å². The van der Waals surface area contributed by atoms with Gasteiger partial charge in [-0.05, 0) is 68.1 Å². The summed E-state index contributed by atoms with van der Waals surface area (Å²) in [6, 6.07) is 11.2. The summed E-state index contributed by atoms with van der Waals surface area (Å²) >= 11 is 0. The number of nitrogens with zero attached hydrogens (tertiary/aromatic N) is 1. The number of carbonyl (C=O) groups is 3. The Morgan fingerprint density at radius 3 is 2.16 bits per heavy atom. The maximum Gasteiger partial charge on any atom is 0.262 e. The van der Waals surface area contributed by atoms with E-state index in [0.29, 0.717) is 22.4 Å². The quantitative estimate of drug-likeness (QED) is 0.530. The van der Waals surface area contributed by atoms with Gasteiger partial charge in [-0.3, -0.25) is 24.0 Å². The molecule has 1 saturated heterocycles. The number of nitrogens with one attached hydrogen (secondary N) is 1. The number of rotatable bonds is 6. The molecular weight excluding hydrogens is 428 g/mol. The van der Waals surface area contributed by atoms with Crippen molar-refractivity contribution < 1.29 is 22.8 Å². The highest BCUT2D eigenvalue weighted by Gasteiger charge is 2.47. The van der Waals surface area contributed by atoms with Gasteiger partial charge < -0.3 is 0 Å². The molecule has 1 saturated carbocycles. The molecule has 1 aliphatic carbocycles. The van der Waals surface area contributed by atoms with Crippen molar-refractivity contribution in [3.8, 4) is 0 Å². The number of likely N-dealkylation sites (tertiary alicyclic amines) is 1. The maximum absolute atomic E-state index is 13.0. The molecule has 2 amide bonds. The van der Waals surface area contributed by atoms with E-state index in [1.165, 1.54) is 30.0 Å². The molecule has 8 heteroatoms. The number of carbonyl (C=O) groups excluding carboxylic acids is 3. The van der Waals surface area contributed by atoms with E-state index in [4.69, 9.17) is 0 Å². The van der Waals surface area contributed by atoms with Crippen molar-refractivity contribution in [2.75, 3.05) is 4.72 Å². The van der Waals surface area contributed by atoms with Crippen molar-refractivity contribution >= 4 is 33.3 Å². The highest BCUT2D eigenvalue weighted by molar-refractivity contribution is 7.92. The lowest BCUT2D eigenvalue weighted by molar-refractivity contribution is -0.140. The minimum Gasteiger partial charge on any atom is -0.295 e. The second-order valence-corrected chi connectivity index (χ2v) is 10.2. The fourth-order valence-electron chi connectivity index (χ4n) is 4.58. The van der Waals surface area contributed by atoms with Gasteiger partial charge in [0.1, 0.15) is 0 Å². The fourth-order valence-corrected chi connectivity index (χ4v) is 5.94. The van der Waals surface area contributed by atoms with Crippen molar-refractivity contribution in [2.45, 2.75) is 51.0 Å². The van der Waals surface area contributed by atoms with Crippen LogP contribution in [0.25, 0.3) is 0 Å². The maximum atomic E-state index is 13.0. The lowest BCUT2D eigenvalue weighted by atomic mass is 9.81. The molecule has 0 bridgehead atoms. The van der Waals surface area contributed by atoms with Crippen LogP contribution in [0.2, 0.25) is 0 Å². The number of Topliss-reactive ketones (excluding diaryl/α,β-unsaturated/α-hetero) is 1. The topological polar surface area (TPSA) is 101 Å². The fraction of sp³-hybridized carbons (Fsp3) is 0.375. The lowest BCUT2D eigenvalue weighted by Gasteiger charge is -2.19. The molecule has 32 heavy (non-hydrogen) atoms. The first-order chi connectivity index (χ1) is 15.2. The van der Waals surface area contributed by atoms with Gasteiger partial charge in [-0.15, -0.1) is 0 Å². The predicted octanol–water partition coefficient (Wildman–Crippen LogP) is 3.67. The molecule has 4 rings (SSSR count). The van der Waals surface area contributed by atoms with Crippen LogP contribution >= 0.6 is 0 Å². The van der Waals surface area contributed by atoms with Crippen LogP contribution in [0.3, 0.4) is 0 Å². The molecule has 2 atom stereocenters. The molecule has 2 aromatic rings. The van der Waals surface area contributed by atoms with E-state index in [9.17, 15) is 22.8 Å². The number of amides is 2. The van der Waals surface area contributed by atoms with Gasteiger partial charge in [-0.2, -0.15) is 0 Å². The molecule has 0 radical (unpaired) electrons. The zero-order valence-electron chi connectivity index (χ0n) is 18.1. The Bertz CT molecular complexity index is 1160. The molecule has 1 heterocycles. The van der Waals surface area contributed by atoms with Crippen LogP contribution in [0.4, 0.5) is 5.69 Å². The van der Waals surface area contributed by atoms with E-state index in [0.717, 1.165) is 25.7 Å². The molecule has 2 aromatic carbocycles. The first-order valence-corrected chi connectivity index (χ1v) is 12.2. The van der Waals surface area contributed by atoms with Crippen molar-refractivity contribution in [2.24, 2.45) is 11.8 Å². The van der Waals surface area contributed by atoms with E-state index in [2.05, 4.69) is 4.72 Å². The van der Waals surface area contributed by atoms with Crippen LogP contribution in [0.1, 0.15) is 54.1 Å². The molecule has 2 fully saturated rings. The minimum absolute atomic E-state index is 0.0702. The largest absolute Gasteiger partial charge is 0.295 e. The smallest absolute Gasteiger partial charge is 0.262 e. The summed E-state index contributed by atoms with van der Waals surface area (Å²) in [4.78, 5) is 38.3. The second kappa shape index (κ2) is 8.50. The van der Waals surface area contributed by atoms with Crippen LogP contribution in [0.5, 0.6) is 0 Å². The molecule has 7 nitrogen and oxygen atoms in total. The highest BCUT2D eigenvalue weighted by atomic mass is 32.2. The van der Waals surface area contributed by atoms with Crippen LogP contribution < -0.4 is 4.72 Å². The third-order valence-corrected chi connectivity index (χ3v) is 7.88. The van der Waals surface area contributed by atoms with Crippen molar-refractivity contribution in [1.82, 2.24) is 4.90 Å². The molecule has 0 spiro atoms. The molecule has 168 valence electrons. The zero-order valence-corrected chi connectivity index (χ0v) is 18.9. The van der Waals surface area contributed by atoms with E-state index in [1.807, 2.05) is 0 Å². The van der Waals surface area contributed by atoms with Crippen molar-refractivity contribution in [3.63, 3.8) is 0 Å². The molecule has 1 aliphatic heterocycles. The Morgan fingerprint density at radius 1 is 1.00 bits per heavy atom. The highest BCUT2D eigenvalue weighted by Crippen LogP contribution is 2.38. The number of benzene rings is 2. The second-order valence-electron chi connectivity index (χ2n) is 8.60. The Labute approximate surface area is 187 Å². The van der Waals surface area contributed by atoms with Crippen LogP contribution in [0.15, 0.2) is 47.4 Å². The number of fused-ring (bicyclic) bond motifs is 1. The summed E-state index contributed by atoms with van der Waals surface area (Å²) in [6.07, 6.45) is 3.40. The van der Waals surface area contributed by atoms with Crippen LogP contribution in [-0.4, -0.2) is 30.9 Å². The molecule has 2 aliphatic rings.